The van der Waals surface area contributed by atoms with Gasteiger partial charge >= 0.3 is 0 Å². The van der Waals surface area contributed by atoms with Gasteiger partial charge in [0.15, 0.2) is 0 Å². The molecule has 0 aliphatic rings. The number of rotatable bonds is 3. The van der Waals surface area contributed by atoms with Gasteiger partial charge in [-0.15, -0.1) is 11.3 Å². The summed E-state index contributed by atoms with van der Waals surface area (Å²) in [6.07, 6.45) is 0. The number of aryl methyl sites for hydroxylation is 1. The number of benzene rings is 1. The van der Waals surface area contributed by atoms with E-state index < -0.39 is 5.82 Å². The number of thiazole rings is 1. The lowest BCUT2D eigenvalue weighted by Gasteiger charge is -2.17. The minimum absolute atomic E-state index is 0.0527. The van der Waals surface area contributed by atoms with Crippen LogP contribution >= 0.6 is 27.3 Å². The molecule has 0 fully saturated rings. The number of carbonyl (C=O) groups excluding carboxylic acids is 1. The van der Waals surface area contributed by atoms with Gasteiger partial charge in [0.1, 0.15) is 5.82 Å². The van der Waals surface area contributed by atoms with Gasteiger partial charge in [-0.05, 0) is 35.0 Å². The second-order valence-electron chi connectivity index (χ2n) is 4.12. The van der Waals surface area contributed by atoms with Crippen molar-refractivity contribution in [3.8, 4) is 0 Å². The summed E-state index contributed by atoms with van der Waals surface area (Å²) in [5, 5.41) is 2.85. The lowest BCUT2D eigenvalue weighted by Crippen LogP contribution is -2.27. The number of halogens is 2. The van der Waals surface area contributed by atoms with Crippen LogP contribution in [0.2, 0.25) is 0 Å². The Balaban J connectivity index is 2.19. The lowest BCUT2D eigenvalue weighted by molar-refractivity contribution is 0.0778. The first-order valence-electron chi connectivity index (χ1n) is 5.59. The van der Waals surface area contributed by atoms with E-state index >= 15 is 0 Å². The van der Waals surface area contributed by atoms with Crippen molar-refractivity contribution in [2.45, 2.75) is 13.5 Å². The maximum Gasteiger partial charge on any atom is 0.258 e. The lowest BCUT2D eigenvalue weighted by atomic mass is 10.2. The largest absolute Gasteiger partial charge is 0.336 e. The van der Waals surface area contributed by atoms with Gasteiger partial charge in [0, 0.05) is 16.9 Å². The molecule has 3 nitrogen and oxygen atoms in total. The van der Waals surface area contributed by atoms with Crippen LogP contribution in [0.4, 0.5) is 4.39 Å². The van der Waals surface area contributed by atoms with Gasteiger partial charge in [-0.25, -0.2) is 9.37 Å². The van der Waals surface area contributed by atoms with Crippen LogP contribution in [-0.4, -0.2) is 22.8 Å². The summed E-state index contributed by atoms with van der Waals surface area (Å²) in [6.45, 7) is 2.27. The Kier molecular flexibility index (Phi) is 4.31. The van der Waals surface area contributed by atoms with Crippen LogP contribution < -0.4 is 0 Å². The summed E-state index contributed by atoms with van der Waals surface area (Å²) in [6, 6.07) is 4.48. The molecule has 0 bridgehead atoms. The summed E-state index contributed by atoms with van der Waals surface area (Å²) in [5.41, 5.74) is 0.864. The molecule has 19 heavy (non-hydrogen) atoms. The van der Waals surface area contributed by atoms with Crippen molar-refractivity contribution in [2.24, 2.45) is 0 Å². The molecule has 1 amide bonds. The minimum Gasteiger partial charge on any atom is -0.336 e. The molecule has 1 aromatic heterocycles. The molecule has 0 unspecified atom stereocenters. The number of carbonyl (C=O) groups is 1. The number of nitrogens with zero attached hydrogens (tertiary/aromatic N) is 2. The van der Waals surface area contributed by atoms with E-state index in [4.69, 9.17) is 0 Å². The molecule has 1 aromatic carbocycles. The van der Waals surface area contributed by atoms with Crippen molar-refractivity contribution < 1.29 is 9.18 Å². The summed E-state index contributed by atoms with van der Waals surface area (Å²) >= 11 is 4.73. The van der Waals surface area contributed by atoms with Gasteiger partial charge in [-0.2, -0.15) is 0 Å². The molecule has 0 aliphatic carbocycles. The Bertz CT molecular complexity index is 594. The molecule has 2 rings (SSSR count). The van der Waals surface area contributed by atoms with E-state index in [0.29, 0.717) is 11.0 Å². The Labute approximate surface area is 123 Å². The molecule has 0 saturated heterocycles. The fourth-order valence-corrected chi connectivity index (χ4v) is 2.80. The zero-order chi connectivity index (χ0) is 14.0. The third-order valence-corrected chi connectivity index (χ3v) is 4.07. The fourth-order valence-electron chi connectivity index (χ4n) is 1.69. The molecule has 6 heteroatoms. The van der Waals surface area contributed by atoms with E-state index in [1.807, 2.05) is 12.3 Å². The van der Waals surface area contributed by atoms with Crippen molar-refractivity contribution in [1.29, 1.82) is 0 Å². The molecular weight excluding hydrogens is 331 g/mol. The Hall–Kier alpha value is -1.27. The molecule has 0 spiro atoms. The summed E-state index contributed by atoms with van der Waals surface area (Å²) in [4.78, 5) is 18.0. The average Bonchev–Trinajstić information content (AvgIpc) is 2.74. The van der Waals surface area contributed by atoms with Gasteiger partial charge in [-0.1, -0.05) is 6.07 Å². The van der Waals surface area contributed by atoms with Crippen molar-refractivity contribution >= 4 is 33.2 Å². The summed E-state index contributed by atoms with van der Waals surface area (Å²) in [5.74, 6) is -0.892. The van der Waals surface area contributed by atoms with Crippen molar-refractivity contribution in [3.05, 3.63) is 50.1 Å². The molecule has 2 aromatic rings. The third kappa shape index (κ3) is 3.19. The van der Waals surface area contributed by atoms with Crippen LogP contribution in [0.1, 0.15) is 21.1 Å². The topological polar surface area (TPSA) is 33.2 Å². The SMILES string of the molecule is Cc1nc(CN(C)C(=O)c2c(F)cccc2Br)cs1. The van der Waals surface area contributed by atoms with Crippen LogP contribution in [0.15, 0.2) is 28.1 Å². The second-order valence-corrected chi connectivity index (χ2v) is 6.03. The normalized spacial score (nSPS) is 10.5. The van der Waals surface area contributed by atoms with Crippen LogP contribution in [0.5, 0.6) is 0 Å². The molecule has 0 radical (unpaired) electrons. The van der Waals surface area contributed by atoms with Crippen LogP contribution in [0.3, 0.4) is 0 Å². The molecule has 0 saturated carbocycles. The van der Waals surface area contributed by atoms with E-state index in [9.17, 15) is 9.18 Å². The smallest absolute Gasteiger partial charge is 0.258 e. The maximum atomic E-state index is 13.7. The first-order valence-corrected chi connectivity index (χ1v) is 7.27. The van der Waals surface area contributed by atoms with Gasteiger partial charge < -0.3 is 4.90 Å². The monoisotopic (exact) mass is 342 g/mol. The zero-order valence-corrected chi connectivity index (χ0v) is 12.9. The van der Waals surface area contributed by atoms with Crippen LogP contribution in [-0.2, 0) is 6.54 Å². The second kappa shape index (κ2) is 5.79. The quantitative estimate of drug-likeness (QED) is 0.853. The van der Waals surface area contributed by atoms with Crippen LogP contribution in [0, 0.1) is 12.7 Å². The number of amides is 1. The fraction of sp³-hybridized carbons (Fsp3) is 0.231. The van der Waals surface area contributed by atoms with E-state index in [-0.39, 0.29) is 11.5 Å². The van der Waals surface area contributed by atoms with Crippen molar-refractivity contribution in [2.75, 3.05) is 7.05 Å². The number of hydrogen-bond acceptors (Lipinski definition) is 3. The molecule has 1 heterocycles. The van der Waals surface area contributed by atoms with Crippen LogP contribution in [0.25, 0.3) is 0 Å². The van der Waals surface area contributed by atoms with E-state index in [0.717, 1.165) is 10.7 Å². The molecular formula is C13H12BrFN2OS. The first kappa shape index (κ1) is 14.1. The van der Waals surface area contributed by atoms with Crippen molar-refractivity contribution in [1.82, 2.24) is 9.88 Å². The van der Waals surface area contributed by atoms with E-state index in [1.165, 1.54) is 22.3 Å². The van der Waals surface area contributed by atoms with E-state index in [1.54, 1.807) is 19.2 Å². The van der Waals surface area contributed by atoms with Gasteiger partial charge in [0.05, 0.1) is 22.8 Å². The highest BCUT2D eigenvalue weighted by atomic mass is 79.9. The minimum atomic E-state index is -0.527. The zero-order valence-electron chi connectivity index (χ0n) is 10.5. The highest BCUT2D eigenvalue weighted by Crippen LogP contribution is 2.21. The maximum absolute atomic E-state index is 13.7. The standard InChI is InChI=1S/C13H12BrFN2OS/c1-8-16-9(7-19-8)6-17(2)13(18)12-10(14)4-3-5-11(12)15/h3-5,7H,6H2,1-2H3. The molecule has 0 atom stereocenters. The Morgan fingerprint density at radius 3 is 2.84 bits per heavy atom. The van der Waals surface area contributed by atoms with Gasteiger partial charge in [0.25, 0.3) is 5.91 Å². The summed E-state index contributed by atoms with van der Waals surface area (Å²) < 4.78 is 14.2. The number of aromatic nitrogens is 1. The highest BCUT2D eigenvalue weighted by molar-refractivity contribution is 9.10. The highest BCUT2D eigenvalue weighted by Gasteiger charge is 2.19. The van der Waals surface area contributed by atoms with Gasteiger partial charge in [-0.3, -0.25) is 4.79 Å². The predicted molar refractivity (Wildman–Crippen MR) is 76.7 cm³/mol. The number of hydrogen-bond donors (Lipinski definition) is 0. The summed E-state index contributed by atoms with van der Waals surface area (Å²) in [7, 11) is 1.63. The average molecular weight is 343 g/mol. The Morgan fingerprint density at radius 1 is 1.53 bits per heavy atom. The molecule has 0 N–H and O–H groups in total. The first-order chi connectivity index (χ1) is 8.99. The van der Waals surface area contributed by atoms with E-state index in [2.05, 4.69) is 20.9 Å². The Morgan fingerprint density at radius 2 is 2.26 bits per heavy atom. The van der Waals surface area contributed by atoms with Gasteiger partial charge in [0.2, 0.25) is 0 Å². The third-order valence-electron chi connectivity index (χ3n) is 2.59. The molecule has 0 aliphatic heterocycles. The predicted octanol–water partition coefficient (Wildman–Crippen LogP) is 3.63. The van der Waals surface area contributed by atoms with Crippen molar-refractivity contribution in [3.63, 3.8) is 0 Å². The molecule has 100 valence electrons.